The number of nitriles is 1. The first-order valence-corrected chi connectivity index (χ1v) is 13.5. The molecule has 200 valence electrons. The van der Waals surface area contributed by atoms with Crippen LogP contribution >= 0.6 is 11.6 Å². The highest BCUT2D eigenvalue weighted by Gasteiger charge is 2.20. The molecule has 0 aliphatic carbocycles. The Hall–Kier alpha value is -3.54. The lowest BCUT2D eigenvalue weighted by Crippen LogP contribution is -2.40. The Kier molecular flexibility index (Phi) is 9.27. The van der Waals surface area contributed by atoms with E-state index in [-0.39, 0.29) is 5.91 Å². The number of carbonyl (C=O) groups excluding carboxylic acids is 1. The molecule has 1 amide bonds. The number of likely N-dealkylation sites (tertiary alicyclic amines) is 1. The van der Waals surface area contributed by atoms with Crippen molar-refractivity contribution in [2.75, 3.05) is 37.4 Å². The van der Waals surface area contributed by atoms with Gasteiger partial charge in [0, 0.05) is 35.8 Å². The molecule has 4 rings (SSSR count). The number of benzene rings is 2. The largest absolute Gasteiger partial charge is 0.492 e. The minimum Gasteiger partial charge on any atom is -0.492 e. The molecule has 9 heteroatoms. The highest BCUT2D eigenvalue weighted by molar-refractivity contribution is 6.32. The third-order valence-electron chi connectivity index (χ3n) is 6.69. The molecule has 1 unspecified atom stereocenters. The van der Waals surface area contributed by atoms with Crippen molar-refractivity contribution in [2.24, 2.45) is 0 Å². The van der Waals surface area contributed by atoms with Crippen LogP contribution in [-0.4, -0.2) is 48.6 Å². The van der Waals surface area contributed by atoms with E-state index in [4.69, 9.17) is 21.1 Å². The number of fused-ring (bicyclic) bond motifs is 1. The van der Waals surface area contributed by atoms with Crippen molar-refractivity contribution in [3.63, 3.8) is 0 Å². The van der Waals surface area contributed by atoms with E-state index in [1.807, 2.05) is 26.0 Å². The first-order valence-electron chi connectivity index (χ1n) is 13.1. The molecule has 3 aromatic rings. The van der Waals surface area contributed by atoms with Crippen molar-refractivity contribution in [1.29, 1.82) is 5.26 Å². The quantitative estimate of drug-likeness (QED) is 0.305. The smallest absolute Gasteiger partial charge is 0.224 e. The SMILES string of the molecule is CCCC(=O)Nc1cc2c(Nc3ccc(OCC4CCCCN4C)c(Cl)c3)c(C#N)cnc2cc1OCC. The second-order valence-corrected chi connectivity index (χ2v) is 9.87. The molecule has 1 saturated heterocycles. The van der Waals surface area contributed by atoms with Gasteiger partial charge in [0.25, 0.3) is 0 Å². The summed E-state index contributed by atoms with van der Waals surface area (Å²) >= 11 is 6.59. The Labute approximate surface area is 228 Å². The molecule has 38 heavy (non-hydrogen) atoms. The number of hydrogen-bond acceptors (Lipinski definition) is 7. The summed E-state index contributed by atoms with van der Waals surface area (Å²) in [6.07, 6.45) is 6.21. The lowest BCUT2D eigenvalue weighted by Gasteiger charge is -2.32. The Morgan fingerprint density at radius 3 is 2.76 bits per heavy atom. The lowest BCUT2D eigenvalue weighted by molar-refractivity contribution is -0.116. The topological polar surface area (TPSA) is 99.5 Å². The van der Waals surface area contributed by atoms with E-state index in [2.05, 4.69) is 33.6 Å². The minimum absolute atomic E-state index is 0.103. The molecule has 0 bridgehead atoms. The lowest BCUT2D eigenvalue weighted by atomic mass is 10.0. The first kappa shape index (κ1) is 27.5. The molecule has 0 saturated carbocycles. The number of hydrogen-bond donors (Lipinski definition) is 2. The summed E-state index contributed by atoms with van der Waals surface area (Å²) in [5, 5.41) is 17.3. The molecule has 0 spiro atoms. The number of piperidine rings is 1. The number of likely N-dealkylation sites (N-methyl/N-ethyl adjacent to an activating group) is 1. The number of halogens is 1. The molecule has 1 aliphatic rings. The van der Waals surface area contributed by atoms with E-state index in [1.165, 1.54) is 19.0 Å². The molecule has 1 fully saturated rings. The Morgan fingerprint density at radius 2 is 2.05 bits per heavy atom. The van der Waals surface area contributed by atoms with E-state index in [1.54, 1.807) is 18.2 Å². The number of anilines is 3. The molecular formula is C29H34ClN5O3. The number of amides is 1. The second-order valence-electron chi connectivity index (χ2n) is 9.47. The van der Waals surface area contributed by atoms with Crippen LogP contribution in [-0.2, 0) is 4.79 Å². The average molecular weight is 536 g/mol. The second kappa shape index (κ2) is 12.8. The van der Waals surface area contributed by atoms with Crippen LogP contribution in [0, 0.1) is 11.3 Å². The summed E-state index contributed by atoms with van der Waals surface area (Å²) in [5.41, 5.74) is 2.80. The van der Waals surface area contributed by atoms with Crippen LogP contribution in [0.15, 0.2) is 36.5 Å². The zero-order valence-corrected chi connectivity index (χ0v) is 22.9. The summed E-state index contributed by atoms with van der Waals surface area (Å²) in [7, 11) is 2.13. The van der Waals surface area contributed by atoms with Crippen molar-refractivity contribution >= 4 is 45.5 Å². The minimum atomic E-state index is -0.103. The van der Waals surface area contributed by atoms with Gasteiger partial charge >= 0.3 is 0 Å². The maximum absolute atomic E-state index is 12.4. The van der Waals surface area contributed by atoms with Gasteiger partial charge in [-0.05, 0) is 64.0 Å². The van der Waals surface area contributed by atoms with Gasteiger partial charge in [-0.2, -0.15) is 5.26 Å². The average Bonchev–Trinajstić information content (AvgIpc) is 2.90. The number of rotatable bonds is 10. The summed E-state index contributed by atoms with van der Waals surface area (Å²) in [6, 6.07) is 11.7. The maximum atomic E-state index is 12.4. The summed E-state index contributed by atoms with van der Waals surface area (Å²) in [4.78, 5) is 19.2. The molecule has 2 aromatic carbocycles. The standard InChI is InChI=1S/C29H34ClN5O3/c1-4-8-28(36)34-25-14-22-24(15-27(25)37-5-2)32-17-19(16-31)29(22)33-20-10-11-26(23(30)13-20)38-18-21-9-6-7-12-35(21)3/h10-11,13-15,17,21H,4-9,12,18H2,1-3H3,(H,32,33)(H,34,36). The molecule has 1 aliphatic heterocycles. The van der Waals surface area contributed by atoms with Crippen molar-refractivity contribution in [3.8, 4) is 17.6 Å². The summed E-state index contributed by atoms with van der Waals surface area (Å²) in [6.45, 7) is 5.94. The Bertz CT molecular complexity index is 1340. The Morgan fingerprint density at radius 1 is 1.21 bits per heavy atom. The van der Waals surface area contributed by atoms with Crippen LogP contribution in [0.5, 0.6) is 11.5 Å². The van der Waals surface area contributed by atoms with E-state index >= 15 is 0 Å². The third kappa shape index (κ3) is 6.47. The van der Waals surface area contributed by atoms with E-state index in [0.29, 0.717) is 75.7 Å². The number of nitrogens with one attached hydrogen (secondary N) is 2. The van der Waals surface area contributed by atoms with Crippen molar-refractivity contribution < 1.29 is 14.3 Å². The molecule has 2 N–H and O–H groups in total. The van der Waals surface area contributed by atoms with E-state index in [0.717, 1.165) is 19.4 Å². The molecule has 1 aromatic heterocycles. The number of aromatic nitrogens is 1. The predicted molar refractivity (Wildman–Crippen MR) is 152 cm³/mol. The van der Waals surface area contributed by atoms with Crippen LogP contribution in [0.4, 0.5) is 17.1 Å². The van der Waals surface area contributed by atoms with Gasteiger partial charge in [0.2, 0.25) is 5.91 Å². The zero-order chi connectivity index (χ0) is 27.1. The van der Waals surface area contributed by atoms with E-state index in [9.17, 15) is 10.1 Å². The fraction of sp³-hybridized carbons (Fsp3) is 0.414. The van der Waals surface area contributed by atoms with Gasteiger partial charge in [-0.1, -0.05) is 24.9 Å². The van der Waals surface area contributed by atoms with Crippen molar-refractivity contribution in [3.05, 3.63) is 47.1 Å². The highest BCUT2D eigenvalue weighted by Crippen LogP contribution is 2.37. The van der Waals surface area contributed by atoms with Gasteiger partial charge in [-0.15, -0.1) is 0 Å². The van der Waals surface area contributed by atoms with Gasteiger partial charge in [-0.25, -0.2) is 0 Å². The summed E-state index contributed by atoms with van der Waals surface area (Å²) < 4.78 is 11.8. The highest BCUT2D eigenvalue weighted by atomic mass is 35.5. The third-order valence-corrected chi connectivity index (χ3v) is 6.99. The fourth-order valence-electron chi connectivity index (χ4n) is 4.63. The predicted octanol–water partition coefficient (Wildman–Crippen LogP) is 6.50. The van der Waals surface area contributed by atoms with Crippen LogP contribution in [0.1, 0.15) is 51.5 Å². The molecular weight excluding hydrogens is 502 g/mol. The molecule has 0 radical (unpaired) electrons. The van der Waals surface area contributed by atoms with Crippen LogP contribution < -0.4 is 20.1 Å². The van der Waals surface area contributed by atoms with Gasteiger partial charge in [0.15, 0.2) is 0 Å². The van der Waals surface area contributed by atoms with Gasteiger partial charge in [0.1, 0.15) is 24.2 Å². The normalized spacial score (nSPS) is 15.6. The number of nitrogens with zero attached hydrogens (tertiary/aromatic N) is 3. The van der Waals surface area contributed by atoms with Crippen LogP contribution in [0.3, 0.4) is 0 Å². The van der Waals surface area contributed by atoms with Gasteiger partial charge in [0.05, 0.1) is 34.1 Å². The van der Waals surface area contributed by atoms with Crippen LogP contribution in [0.25, 0.3) is 10.9 Å². The summed E-state index contributed by atoms with van der Waals surface area (Å²) in [5.74, 6) is 1.05. The zero-order valence-electron chi connectivity index (χ0n) is 22.1. The maximum Gasteiger partial charge on any atom is 0.224 e. The first-order chi connectivity index (χ1) is 18.4. The van der Waals surface area contributed by atoms with E-state index < -0.39 is 0 Å². The fourth-order valence-corrected chi connectivity index (χ4v) is 4.87. The van der Waals surface area contributed by atoms with Crippen LogP contribution in [0.2, 0.25) is 5.02 Å². The monoisotopic (exact) mass is 535 g/mol. The molecule has 2 heterocycles. The van der Waals surface area contributed by atoms with Crippen molar-refractivity contribution in [2.45, 2.75) is 52.0 Å². The van der Waals surface area contributed by atoms with Gasteiger partial charge < -0.3 is 25.0 Å². The molecule has 1 atom stereocenters. The Balaban J connectivity index is 1.62. The number of carbonyl (C=O) groups is 1. The number of pyridine rings is 1. The number of ether oxygens (including phenoxy) is 2. The van der Waals surface area contributed by atoms with Gasteiger partial charge in [-0.3, -0.25) is 9.78 Å². The van der Waals surface area contributed by atoms with Crippen molar-refractivity contribution in [1.82, 2.24) is 9.88 Å². The molecule has 8 nitrogen and oxygen atoms in total.